The molecule has 1 aliphatic heterocycles. The summed E-state index contributed by atoms with van der Waals surface area (Å²) in [5, 5.41) is 8.62. The monoisotopic (exact) mass is 416 g/mol. The molecule has 1 saturated heterocycles. The van der Waals surface area contributed by atoms with Gasteiger partial charge >= 0.3 is 0 Å². The van der Waals surface area contributed by atoms with Gasteiger partial charge in [-0.05, 0) is 30.5 Å². The predicted octanol–water partition coefficient (Wildman–Crippen LogP) is 4.13. The van der Waals surface area contributed by atoms with Crippen molar-refractivity contribution in [3.63, 3.8) is 0 Å². The van der Waals surface area contributed by atoms with E-state index in [-0.39, 0.29) is 17.4 Å². The highest BCUT2D eigenvalue weighted by atomic mass is 32.2. The molecular weight excluding hydrogens is 396 g/mol. The average molecular weight is 417 g/mol. The van der Waals surface area contributed by atoms with Crippen LogP contribution in [-0.2, 0) is 22.0 Å². The molecule has 0 radical (unpaired) electrons. The zero-order valence-electron chi connectivity index (χ0n) is 15.2. The molecule has 1 aliphatic rings. The van der Waals surface area contributed by atoms with Gasteiger partial charge in [-0.25, -0.2) is 8.42 Å². The zero-order valence-corrected chi connectivity index (χ0v) is 16.8. The van der Waals surface area contributed by atoms with Crippen LogP contribution in [0.25, 0.3) is 0 Å². The number of sulfone groups is 1. The second-order valence-electron chi connectivity index (χ2n) is 6.75. The Balaban J connectivity index is 1.37. The quantitative estimate of drug-likeness (QED) is 0.536. The van der Waals surface area contributed by atoms with E-state index in [0.29, 0.717) is 29.7 Å². The van der Waals surface area contributed by atoms with Crippen LogP contribution in [0.15, 0.2) is 64.2 Å². The number of benzene rings is 2. The van der Waals surface area contributed by atoms with Crippen LogP contribution >= 0.6 is 11.8 Å². The van der Waals surface area contributed by atoms with Gasteiger partial charge in [0.05, 0.1) is 11.5 Å². The van der Waals surface area contributed by atoms with Crippen LogP contribution in [-0.4, -0.2) is 30.1 Å². The third-order valence-corrected chi connectivity index (χ3v) is 7.24. The fourth-order valence-electron chi connectivity index (χ4n) is 3.14. The van der Waals surface area contributed by atoms with Crippen LogP contribution in [0.2, 0.25) is 0 Å². The van der Waals surface area contributed by atoms with Crippen molar-refractivity contribution in [2.75, 3.05) is 11.5 Å². The highest BCUT2D eigenvalue weighted by Crippen LogP contribution is 2.31. The van der Waals surface area contributed by atoms with Crippen molar-refractivity contribution in [1.82, 2.24) is 10.2 Å². The summed E-state index contributed by atoms with van der Waals surface area (Å²) < 4.78 is 34.8. The molecule has 28 heavy (non-hydrogen) atoms. The first kappa shape index (κ1) is 19.0. The lowest BCUT2D eigenvalue weighted by Gasteiger charge is -2.10. The maximum atomic E-state index is 11.6. The molecule has 1 fully saturated rings. The molecule has 0 unspecified atom stereocenters. The van der Waals surface area contributed by atoms with Gasteiger partial charge in [-0.15, -0.1) is 10.2 Å². The minimum absolute atomic E-state index is 0.0725. The minimum Gasteiger partial charge on any atom is -0.457 e. The summed E-state index contributed by atoms with van der Waals surface area (Å²) in [6.07, 6.45) is 1.18. The zero-order chi connectivity index (χ0) is 19.4. The first-order valence-corrected chi connectivity index (χ1v) is 11.8. The number of thioether (sulfide) groups is 1. The van der Waals surface area contributed by atoms with Crippen molar-refractivity contribution in [2.45, 2.75) is 23.8 Å². The van der Waals surface area contributed by atoms with Crippen molar-refractivity contribution in [1.29, 1.82) is 0 Å². The molecule has 0 aliphatic carbocycles. The third-order valence-electron chi connectivity index (χ3n) is 4.53. The number of ether oxygens (including phenoxy) is 1. The summed E-state index contributed by atoms with van der Waals surface area (Å²) in [7, 11) is -2.89. The maximum absolute atomic E-state index is 11.6. The van der Waals surface area contributed by atoms with Crippen molar-refractivity contribution in [3.8, 4) is 11.5 Å². The number of nitrogens with zero attached hydrogens (tertiary/aromatic N) is 2. The van der Waals surface area contributed by atoms with E-state index in [1.165, 1.54) is 11.8 Å². The Bertz CT molecular complexity index is 1040. The van der Waals surface area contributed by atoms with E-state index in [0.717, 1.165) is 17.1 Å². The summed E-state index contributed by atoms with van der Waals surface area (Å²) in [4.78, 5) is 0. The van der Waals surface area contributed by atoms with Gasteiger partial charge in [0.15, 0.2) is 9.84 Å². The highest BCUT2D eigenvalue weighted by molar-refractivity contribution is 7.98. The largest absolute Gasteiger partial charge is 0.457 e. The Morgan fingerprint density at radius 2 is 1.86 bits per heavy atom. The Hall–Kier alpha value is -2.32. The number of para-hydroxylation sites is 2. The van der Waals surface area contributed by atoms with Gasteiger partial charge in [-0.3, -0.25) is 0 Å². The summed E-state index contributed by atoms with van der Waals surface area (Å²) in [5.74, 6) is 3.24. The SMILES string of the molecule is O=S1(=O)CC[C@@H](Cc2nnc(SCc3ccccc3Oc3ccccc3)o2)C1. The Kier molecular flexibility index (Phi) is 5.68. The van der Waals surface area contributed by atoms with Gasteiger partial charge in [-0.1, -0.05) is 48.2 Å². The summed E-state index contributed by atoms with van der Waals surface area (Å²) >= 11 is 1.44. The second kappa shape index (κ2) is 8.36. The number of aromatic nitrogens is 2. The van der Waals surface area contributed by atoms with Gasteiger partial charge < -0.3 is 9.15 Å². The van der Waals surface area contributed by atoms with E-state index in [9.17, 15) is 8.42 Å². The van der Waals surface area contributed by atoms with E-state index < -0.39 is 9.84 Å². The fraction of sp³-hybridized carbons (Fsp3) is 0.300. The summed E-state index contributed by atoms with van der Waals surface area (Å²) in [6, 6.07) is 17.5. The lowest BCUT2D eigenvalue weighted by Crippen LogP contribution is -2.07. The lowest BCUT2D eigenvalue weighted by molar-refractivity contribution is 0.389. The van der Waals surface area contributed by atoms with Crippen molar-refractivity contribution in [2.24, 2.45) is 5.92 Å². The molecule has 1 atom stereocenters. The van der Waals surface area contributed by atoms with Gasteiger partial charge in [0.25, 0.3) is 5.22 Å². The molecular formula is C20H20N2O4S2. The molecule has 2 heterocycles. The van der Waals surface area contributed by atoms with E-state index >= 15 is 0 Å². The lowest BCUT2D eigenvalue weighted by atomic mass is 10.1. The van der Waals surface area contributed by atoms with E-state index in [4.69, 9.17) is 9.15 Å². The molecule has 0 amide bonds. The van der Waals surface area contributed by atoms with Gasteiger partial charge in [0.1, 0.15) is 11.5 Å². The summed E-state index contributed by atoms with van der Waals surface area (Å²) in [5.41, 5.74) is 1.03. The fourth-order valence-corrected chi connectivity index (χ4v) is 5.77. The molecule has 0 saturated carbocycles. The van der Waals surface area contributed by atoms with Crippen LogP contribution in [0.5, 0.6) is 11.5 Å². The Morgan fingerprint density at radius 1 is 1.07 bits per heavy atom. The van der Waals surface area contributed by atoms with Crippen molar-refractivity contribution >= 4 is 21.6 Å². The molecule has 0 N–H and O–H groups in total. The van der Waals surface area contributed by atoms with Crippen molar-refractivity contribution < 1.29 is 17.6 Å². The van der Waals surface area contributed by atoms with Crippen LogP contribution in [0.3, 0.4) is 0 Å². The normalized spacial score (nSPS) is 18.2. The van der Waals surface area contributed by atoms with Crippen LogP contribution in [0.4, 0.5) is 0 Å². The molecule has 1 aromatic heterocycles. The average Bonchev–Trinajstić information content (AvgIpc) is 3.27. The Morgan fingerprint density at radius 3 is 2.64 bits per heavy atom. The molecule has 4 rings (SSSR count). The number of hydrogen-bond donors (Lipinski definition) is 0. The number of hydrogen-bond acceptors (Lipinski definition) is 7. The van der Waals surface area contributed by atoms with E-state index in [1.54, 1.807) is 0 Å². The predicted molar refractivity (Wildman–Crippen MR) is 107 cm³/mol. The Labute approximate surface area is 168 Å². The molecule has 2 aromatic carbocycles. The highest BCUT2D eigenvalue weighted by Gasteiger charge is 2.29. The maximum Gasteiger partial charge on any atom is 0.276 e. The van der Waals surface area contributed by atoms with Crippen LogP contribution in [0, 0.1) is 5.92 Å². The third kappa shape index (κ3) is 4.94. The summed E-state index contributed by atoms with van der Waals surface area (Å²) in [6.45, 7) is 0. The first-order valence-electron chi connectivity index (χ1n) is 9.04. The molecule has 146 valence electrons. The van der Waals surface area contributed by atoms with E-state index in [1.807, 2.05) is 54.6 Å². The van der Waals surface area contributed by atoms with Crippen molar-refractivity contribution in [3.05, 3.63) is 66.1 Å². The number of rotatable bonds is 7. The molecule has 3 aromatic rings. The molecule has 0 bridgehead atoms. The van der Waals surface area contributed by atoms with Gasteiger partial charge in [0.2, 0.25) is 5.89 Å². The topological polar surface area (TPSA) is 82.3 Å². The first-order chi connectivity index (χ1) is 13.6. The minimum atomic E-state index is -2.89. The van der Waals surface area contributed by atoms with Crippen LogP contribution < -0.4 is 4.74 Å². The van der Waals surface area contributed by atoms with E-state index in [2.05, 4.69) is 10.2 Å². The smallest absolute Gasteiger partial charge is 0.276 e. The van der Waals surface area contributed by atoms with Crippen LogP contribution in [0.1, 0.15) is 17.9 Å². The van der Waals surface area contributed by atoms with Gasteiger partial charge in [0, 0.05) is 17.7 Å². The standard InChI is InChI=1S/C20H20N2O4S2/c23-28(24)11-10-15(14-28)12-19-21-22-20(26-19)27-13-16-6-4-5-9-18(16)25-17-7-2-1-3-8-17/h1-9,15H,10-14H2/t15-/m0/s1. The second-order valence-corrected chi connectivity index (χ2v) is 9.90. The van der Waals surface area contributed by atoms with Gasteiger partial charge in [-0.2, -0.15) is 0 Å². The molecule has 0 spiro atoms. The molecule has 6 nitrogen and oxygen atoms in total. The molecule has 8 heteroatoms.